The number of rotatable bonds is 4. The Balaban J connectivity index is 2.08. The quantitative estimate of drug-likeness (QED) is 0.699. The summed E-state index contributed by atoms with van der Waals surface area (Å²) in [7, 11) is 0. The minimum atomic E-state index is -2.41. The van der Waals surface area contributed by atoms with Crippen molar-refractivity contribution >= 4 is 17.0 Å². The summed E-state index contributed by atoms with van der Waals surface area (Å²) in [6.07, 6.45) is 1.13. The van der Waals surface area contributed by atoms with E-state index in [0.717, 1.165) is 6.20 Å². The van der Waals surface area contributed by atoms with E-state index in [-0.39, 0.29) is 17.0 Å². The molecule has 1 heterocycles. The van der Waals surface area contributed by atoms with E-state index in [2.05, 4.69) is 10.3 Å². The van der Waals surface area contributed by atoms with Crippen LogP contribution >= 0.6 is 0 Å². The maximum Gasteiger partial charge on any atom is 0.251 e. The topological polar surface area (TPSA) is 122 Å². The van der Waals surface area contributed by atoms with Gasteiger partial charge in [0.25, 0.3) is 5.91 Å². The van der Waals surface area contributed by atoms with E-state index >= 15 is 0 Å². The van der Waals surface area contributed by atoms with Crippen LogP contribution in [-0.4, -0.2) is 24.8 Å². The maximum atomic E-state index is 11.9. The Morgan fingerprint density at radius 2 is 2.14 bits per heavy atom. The van der Waals surface area contributed by atoms with Crippen LogP contribution in [0.2, 0.25) is 0 Å². The van der Waals surface area contributed by atoms with Gasteiger partial charge in [0.15, 0.2) is 5.75 Å². The third-order valence-electron chi connectivity index (χ3n) is 2.68. The number of aromatic amines is 1. The summed E-state index contributed by atoms with van der Waals surface area (Å²) in [4.78, 5) is 25.8. The number of benzene rings is 1. The molecule has 0 aliphatic rings. The second-order valence-corrected chi connectivity index (χ2v) is 5.09. The zero-order valence-corrected chi connectivity index (χ0v) is 11.5. The van der Waals surface area contributed by atoms with E-state index in [4.69, 9.17) is 5.11 Å². The Morgan fingerprint density at radius 3 is 2.81 bits per heavy atom. The van der Waals surface area contributed by atoms with Gasteiger partial charge in [-0.05, 0) is 29.3 Å². The van der Waals surface area contributed by atoms with Crippen molar-refractivity contribution in [2.45, 2.75) is 11.4 Å². The highest BCUT2D eigenvalue weighted by Gasteiger charge is 2.07. The van der Waals surface area contributed by atoms with Gasteiger partial charge in [0.05, 0.1) is 6.54 Å². The number of carbonyl (C=O) groups is 1. The van der Waals surface area contributed by atoms with E-state index in [1.54, 1.807) is 0 Å². The van der Waals surface area contributed by atoms with E-state index in [1.807, 2.05) is 0 Å². The smallest absolute Gasteiger partial charge is 0.251 e. The molecule has 0 saturated carbocycles. The molecule has 110 valence electrons. The first-order valence-electron chi connectivity index (χ1n) is 5.85. The molecule has 0 radical (unpaired) electrons. The van der Waals surface area contributed by atoms with Crippen LogP contribution in [0.4, 0.5) is 0 Å². The lowest BCUT2D eigenvalue weighted by Gasteiger charge is -2.08. The summed E-state index contributed by atoms with van der Waals surface area (Å²) < 4.78 is 21.7. The number of hydrogen-bond donors (Lipinski definition) is 3. The third-order valence-corrected chi connectivity index (χ3v) is 3.32. The Bertz CT molecular complexity index is 756. The predicted molar refractivity (Wildman–Crippen MR) is 73.5 cm³/mol. The van der Waals surface area contributed by atoms with Crippen molar-refractivity contribution in [3.63, 3.8) is 0 Å². The molecule has 21 heavy (non-hydrogen) atoms. The van der Waals surface area contributed by atoms with E-state index in [9.17, 15) is 18.4 Å². The Labute approximate surface area is 121 Å². The molecule has 0 aliphatic carbocycles. The van der Waals surface area contributed by atoms with E-state index < -0.39 is 28.2 Å². The molecule has 2 aromatic rings. The van der Waals surface area contributed by atoms with Crippen LogP contribution in [0.1, 0.15) is 16.1 Å². The number of aromatic hydroxyl groups is 1. The van der Waals surface area contributed by atoms with Crippen LogP contribution in [0.15, 0.2) is 46.2 Å². The Hall–Kier alpha value is -2.45. The van der Waals surface area contributed by atoms with Gasteiger partial charge in [-0.15, -0.1) is 0 Å². The first-order valence-corrected chi connectivity index (χ1v) is 6.93. The molecular formula is C13H11N2O5S-. The van der Waals surface area contributed by atoms with Crippen molar-refractivity contribution in [2.75, 3.05) is 0 Å². The standard InChI is InChI=1S/C13H12N2O5S/c16-11-5-9(14-7-12(11)17)6-15-13(18)8-2-1-3-10(4-8)21(19)20/h1-5,7,17H,6H2,(H,14,16)(H,15,18)(H,19,20)/p-1. The first-order chi connectivity index (χ1) is 9.97. The third kappa shape index (κ3) is 3.77. The Kier molecular flexibility index (Phi) is 4.51. The van der Waals surface area contributed by atoms with Crippen molar-refractivity contribution in [3.05, 3.63) is 58.0 Å². The number of hydrogen-bond acceptors (Lipinski definition) is 5. The molecule has 1 atom stereocenters. The van der Waals surface area contributed by atoms with Crippen LogP contribution in [0, 0.1) is 0 Å². The first kappa shape index (κ1) is 14.9. The minimum absolute atomic E-state index is 0.0145. The molecule has 7 nitrogen and oxygen atoms in total. The molecule has 3 N–H and O–H groups in total. The fourth-order valence-electron chi connectivity index (χ4n) is 1.63. The molecule has 2 rings (SSSR count). The van der Waals surface area contributed by atoms with Crippen molar-refractivity contribution in [2.24, 2.45) is 0 Å². The van der Waals surface area contributed by atoms with Crippen molar-refractivity contribution in [1.29, 1.82) is 0 Å². The van der Waals surface area contributed by atoms with Crippen molar-refractivity contribution < 1.29 is 18.7 Å². The average molecular weight is 307 g/mol. The van der Waals surface area contributed by atoms with Gasteiger partial charge in [-0.1, -0.05) is 6.07 Å². The van der Waals surface area contributed by atoms with Crippen LogP contribution in [0.25, 0.3) is 0 Å². The molecule has 0 saturated heterocycles. The minimum Gasteiger partial charge on any atom is -0.768 e. The van der Waals surface area contributed by atoms with Crippen LogP contribution in [-0.2, 0) is 17.6 Å². The fourth-order valence-corrected chi connectivity index (χ4v) is 2.04. The lowest BCUT2D eigenvalue weighted by atomic mass is 10.2. The van der Waals surface area contributed by atoms with Crippen LogP contribution in [0.5, 0.6) is 5.75 Å². The number of amides is 1. The summed E-state index contributed by atoms with van der Waals surface area (Å²) in [5.74, 6) is -0.882. The summed E-state index contributed by atoms with van der Waals surface area (Å²) in [6, 6.07) is 6.72. The molecule has 1 aromatic carbocycles. The second-order valence-electron chi connectivity index (χ2n) is 4.15. The number of carbonyl (C=O) groups excluding carboxylic acids is 1. The summed E-state index contributed by atoms with van der Waals surface area (Å²) in [6.45, 7) is 0.0407. The summed E-state index contributed by atoms with van der Waals surface area (Å²) >= 11 is -2.41. The zero-order chi connectivity index (χ0) is 15.4. The van der Waals surface area contributed by atoms with Gasteiger partial charge in [-0.2, -0.15) is 0 Å². The van der Waals surface area contributed by atoms with E-state index in [0.29, 0.717) is 5.69 Å². The highest BCUT2D eigenvalue weighted by molar-refractivity contribution is 7.79. The van der Waals surface area contributed by atoms with Gasteiger partial charge in [-0.3, -0.25) is 13.8 Å². The average Bonchev–Trinajstić information content (AvgIpc) is 2.48. The largest absolute Gasteiger partial charge is 0.768 e. The molecule has 0 aliphatic heterocycles. The number of H-pyrrole nitrogens is 1. The summed E-state index contributed by atoms with van der Waals surface area (Å²) in [5.41, 5.74) is 0.0503. The number of nitrogens with one attached hydrogen (secondary N) is 2. The van der Waals surface area contributed by atoms with E-state index in [1.165, 1.54) is 30.3 Å². The second kappa shape index (κ2) is 6.33. The molecule has 1 aromatic heterocycles. The molecule has 1 unspecified atom stereocenters. The fraction of sp³-hybridized carbons (Fsp3) is 0.0769. The zero-order valence-electron chi connectivity index (χ0n) is 10.7. The lowest BCUT2D eigenvalue weighted by Crippen LogP contribution is -2.24. The number of pyridine rings is 1. The van der Waals surface area contributed by atoms with Crippen molar-refractivity contribution in [3.8, 4) is 5.75 Å². The molecule has 0 bridgehead atoms. The summed E-state index contributed by atoms with van der Waals surface area (Å²) in [5, 5.41) is 11.6. The highest BCUT2D eigenvalue weighted by atomic mass is 32.2. The molecular weight excluding hydrogens is 296 g/mol. The van der Waals surface area contributed by atoms with Gasteiger partial charge in [0.1, 0.15) is 0 Å². The normalized spacial score (nSPS) is 11.9. The molecule has 0 fully saturated rings. The molecule has 8 heteroatoms. The van der Waals surface area contributed by atoms with Crippen LogP contribution < -0.4 is 10.7 Å². The van der Waals surface area contributed by atoms with Gasteiger partial charge in [0.2, 0.25) is 5.43 Å². The van der Waals surface area contributed by atoms with Gasteiger partial charge >= 0.3 is 0 Å². The highest BCUT2D eigenvalue weighted by Crippen LogP contribution is 2.08. The molecule has 0 spiro atoms. The molecule has 1 amide bonds. The van der Waals surface area contributed by atoms with Crippen LogP contribution in [0.3, 0.4) is 0 Å². The monoisotopic (exact) mass is 307 g/mol. The van der Waals surface area contributed by atoms with Gasteiger partial charge in [-0.25, -0.2) is 0 Å². The van der Waals surface area contributed by atoms with Gasteiger partial charge < -0.3 is 20.0 Å². The Morgan fingerprint density at radius 1 is 1.38 bits per heavy atom. The van der Waals surface area contributed by atoms with Crippen molar-refractivity contribution in [1.82, 2.24) is 10.3 Å². The number of aromatic nitrogens is 1. The SMILES string of the molecule is O=C(NCc1cc(=O)c(O)c[nH]1)c1cccc(S(=O)[O-])c1. The van der Waals surface area contributed by atoms with Gasteiger partial charge in [0, 0.05) is 28.4 Å². The lowest BCUT2D eigenvalue weighted by molar-refractivity contribution is 0.0950. The predicted octanol–water partition coefficient (Wildman–Crippen LogP) is 0.249. The maximum absolute atomic E-state index is 11.9.